The number of ether oxygens (including phenoxy) is 6. The fourth-order valence-electron chi connectivity index (χ4n) is 8.03. The zero-order chi connectivity index (χ0) is 48.8. The highest BCUT2D eigenvalue weighted by atomic mass is 32.1. The number of aromatic nitrogens is 4. The van der Waals surface area contributed by atoms with Crippen LogP contribution in [-0.2, 0) is 38.1 Å². The molecule has 69 heavy (non-hydrogen) atoms. The first-order valence-corrected chi connectivity index (χ1v) is 24.2. The van der Waals surface area contributed by atoms with Gasteiger partial charge < -0.3 is 54.0 Å². The highest BCUT2D eigenvalue weighted by Gasteiger charge is 2.44. The minimum absolute atomic E-state index is 0.0191. The number of amides is 3. The molecule has 2 aromatic carbocycles. The summed E-state index contributed by atoms with van der Waals surface area (Å²) in [7, 11) is 0. The molecule has 2 unspecified atom stereocenters. The summed E-state index contributed by atoms with van der Waals surface area (Å²) in [5.74, 6) is -0.771. The number of nitrogens with zero attached hydrogens (tertiary/aromatic N) is 4. The predicted molar refractivity (Wildman–Crippen MR) is 263 cm³/mol. The SMILES string of the molecule is Cc1ncsc1-c1ccc([C@H](C)NC(=O)[C@@H]2CC(O)CN2C(=O)C(NC(=O)COCCOCCOCCOCCOCCOc2ccc(-c3ccc4c(c3)[nH]c3ccncc34)cn2)C(C)(C)C)cc1. The molecule has 4 aromatic heterocycles. The molecule has 6 aromatic rings. The Morgan fingerprint density at radius 3 is 2.07 bits per heavy atom. The number of hydrogen-bond acceptors (Lipinski definition) is 14. The molecule has 0 radical (unpaired) electrons. The topological polar surface area (TPSA) is 209 Å². The van der Waals surface area contributed by atoms with Crippen LogP contribution in [0.5, 0.6) is 5.88 Å². The normalized spacial score (nSPS) is 15.9. The van der Waals surface area contributed by atoms with E-state index in [1.807, 2.05) is 88.8 Å². The van der Waals surface area contributed by atoms with Crippen molar-refractivity contribution >= 4 is 50.9 Å². The first-order valence-electron chi connectivity index (χ1n) is 23.3. The third-order valence-electron chi connectivity index (χ3n) is 11.7. The second kappa shape index (κ2) is 24.6. The lowest BCUT2D eigenvalue weighted by molar-refractivity contribution is -0.144. The average molecular weight is 966 g/mol. The number of fused-ring (bicyclic) bond motifs is 3. The number of aryl methyl sites for hydroxylation is 1. The molecule has 1 aliphatic heterocycles. The number of carbonyl (C=O) groups is 3. The van der Waals surface area contributed by atoms with Gasteiger partial charge in [-0.3, -0.25) is 19.4 Å². The van der Waals surface area contributed by atoms with E-state index in [0.29, 0.717) is 58.7 Å². The van der Waals surface area contributed by atoms with Gasteiger partial charge in [0.25, 0.3) is 0 Å². The van der Waals surface area contributed by atoms with E-state index in [1.54, 1.807) is 23.7 Å². The minimum Gasteiger partial charge on any atom is -0.475 e. The van der Waals surface area contributed by atoms with Crippen LogP contribution in [0, 0.1) is 12.3 Å². The van der Waals surface area contributed by atoms with Crippen LogP contribution >= 0.6 is 11.3 Å². The van der Waals surface area contributed by atoms with Gasteiger partial charge in [-0.2, -0.15) is 0 Å². The molecule has 17 nitrogen and oxygen atoms in total. The van der Waals surface area contributed by atoms with Crippen molar-refractivity contribution in [3.05, 3.63) is 96.0 Å². The van der Waals surface area contributed by atoms with Crippen molar-refractivity contribution in [2.24, 2.45) is 5.41 Å². The predicted octanol–water partition coefficient (Wildman–Crippen LogP) is 6.04. The molecule has 4 N–H and O–H groups in total. The molecule has 0 saturated carbocycles. The third kappa shape index (κ3) is 14.1. The summed E-state index contributed by atoms with van der Waals surface area (Å²) in [5, 5.41) is 18.6. The molecule has 7 rings (SSSR count). The maximum Gasteiger partial charge on any atom is 0.246 e. The van der Waals surface area contributed by atoms with E-state index in [0.717, 1.165) is 54.6 Å². The van der Waals surface area contributed by atoms with Gasteiger partial charge in [-0.1, -0.05) is 57.2 Å². The monoisotopic (exact) mass is 965 g/mol. The Balaban J connectivity index is 0.697. The Hall–Kier alpha value is -5.86. The number of pyridine rings is 2. The van der Waals surface area contributed by atoms with Gasteiger partial charge in [-0.25, -0.2) is 9.97 Å². The Kier molecular flexibility index (Phi) is 18.2. The van der Waals surface area contributed by atoms with Gasteiger partial charge in [0.15, 0.2) is 0 Å². The first kappa shape index (κ1) is 51.0. The van der Waals surface area contributed by atoms with E-state index in [2.05, 4.69) is 48.8 Å². The molecule has 0 aliphatic carbocycles. The third-order valence-corrected chi connectivity index (χ3v) is 12.7. The number of aromatic amines is 1. The number of aliphatic hydroxyl groups is 1. The number of benzene rings is 2. The molecule has 3 amide bonds. The summed E-state index contributed by atoms with van der Waals surface area (Å²) in [6.45, 7) is 12.6. The molecular formula is C51H63N7O10S. The summed E-state index contributed by atoms with van der Waals surface area (Å²) < 4.78 is 33.6. The molecule has 1 aliphatic rings. The lowest BCUT2D eigenvalue weighted by Crippen LogP contribution is -2.58. The van der Waals surface area contributed by atoms with Crippen molar-refractivity contribution < 1.29 is 47.9 Å². The number of carbonyl (C=O) groups excluding carboxylic acids is 3. The first-order chi connectivity index (χ1) is 33.4. The van der Waals surface area contributed by atoms with Crippen LogP contribution in [0.25, 0.3) is 43.4 Å². The summed E-state index contributed by atoms with van der Waals surface area (Å²) in [6, 6.07) is 17.8. The lowest BCUT2D eigenvalue weighted by Gasteiger charge is -2.35. The summed E-state index contributed by atoms with van der Waals surface area (Å²) in [4.78, 5) is 59.5. The molecule has 1 saturated heterocycles. The van der Waals surface area contributed by atoms with Crippen molar-refractivity contribution in [2.45, 2.75) is 65.3 Å². The van der Waals surface area contributed by atoms with E-state index in [9.17, 15) is 19.5 Å². The summed E-state index contributed by atoms with van der Waals surface area (Å²) in [6.07, 6.45) is 4.67. The lowest BCUT2D eigenvalue weighted by atomic mass is 9.85. The molecule has 5 heterocycles. The summed E-state index contributed by atoms with van der Waals surface area (Å²) in [5.41, 5.74) is 8.18. The van der Waals surface area contributed by atoms with Gasteiger partial charge in [0.2, 0.25) is 23.6 Å². The molecule has 4 atom stereocenters. The number of hydrogen-bond donors (Lipinski definition) is 4. The van der Waals surface area contributed by atoms with E-state index < -0.39 is 35.4 Å². The van der Waals surface area contributed by atoms with E-state index in [4.69, 9.17) is 28.4 Å². The van der Waals surface area contributed by atoms with Gasteiger partial charge >= 0.3 is 0 Å². The highest BCUT2D eigenvalue weighted by molar-refractivity contribution is 7.13. The number of aliphatic hydroxyl groups excluding tert-OH is 1. The fourth-order valence-corrected chi connectivity index (χ4v) is 8.84. The number of H-pyrrole nitrogens is 1. The van der Waals surface area contributed by atoms with Gasteiger partial charge in [0, 0.05) is 65.0 Å². The number of β-amino-alcohol motifs (C(OH)–C–C–N with tert-alkyl or cyclic N) is 1. The van der Waals surface area contributed by atoms with Crippen molar-refractivity contribution in [3.63, 3.8) is 0 Å². The Labute approximate surface area is 406 Å². The van der Waals surface area contributed by atoms with E-state index in [1.165, 1.54) is 4.90 Å². The molecule has 368 valence electrons. The maximum absolute atomic E-state index is 14.0. The Morgan fingerprint density at radius 1 is 0.783 bits per heavy atom. The van der Waals surface area contributed by atoms with Crippen molar-refractivity contribution in [2.75, 3.05) is 79.2 Å². The Bertz CT molecular complexity index is 2600. The van der Waals surface area contributed by atoms with Crippen LogP contribution < -0.4 is 15.4 Å². The highest BCUT2D eigenvalue weighted by Crippen LogP contribution is 2.31. The van der Waals surface area contributed by atoms with Crippen LogP contribution in [0.15, 0.2) is 84.8 Å². The van der Waals surface area contributed by atoms with Crippen LogP contribution in [0.2, 0.25) is 0 Å². The van der Waals surface area contributed by atoms with Gasteiger partial charge in [-0.05, 0) is 54.2 Å². The largest absolute Gasteiger partial charge is 0.475 e. The summed E-state index contributed by atoms with van der Waals surface area (Å²) >= 11 is 1.57. The van der Waals surface area contributed by atoms with Gasteiger partial charge in [-0.15, -0.1) is 11.3 Å². The smallest absolute Gasteiger partial charge is 0.246 e. The van der Waals surface area contributed by atoms with Crippen LogP contribution in [0.1, 0.15) is 51.4 Å². The van der Waals surface area contributed by atoms with Crippen LogP contribution in [0.4, 0.5) is 0 Å². The second-order valence-corrected chi connectivity index (χ2v) is 18.8. The van der Waals surface area contributed by atoms with Crippen LogP contribution in [0.3, 0.4) is 0 Å². The molecule has 0 spiro atoms. The number of nitrogens with one attached hydrogen (secondary N) is 3. The van der Waals surface area contributed by atoms with E-state index >= 15 is 0 Å². The van der Waals surface area contributed by atoms with Gasteiger partial charge in [0.05, 0.1) is 87.7 Å². The quantitative estimate of drug-likeness (QED) is 0.0483. The van der Waals surface area contributed by atoms with Crippen molar-refractivity contribution in [1.29, 1.82) is 0 Å². The molecule has 1 fully saturated rings. The van der Waals surface area contributed by atoms with Crippen molar-refractivity contribution in [1.82, 2.24) is 35.5 Å². The van der Waals surface area contributed by atoms with Crippen molar-refractivity contribution in [3.8, 4) is 27.4 Å². The van der Waals surface area contributed by atoms with Gasteiger partial charge in [0.1, 0.15) is 25.3 Å². The zero-order valence-corrected chi connectivity index (χ0v) is 40.7. The molecule has 0 bridgehead atoms. The minimum atomic E-state index is -0.967. The number of thiazole rings is 1. The standard InChI is InChI=1S/C51H63N7O10S/c1-33(35-6-8-36(9-7-35)47-34(2)54-32-69-47)55-49(61)44-27-39(59)30-58(44)50(62)48(51(3,4)5)57-45(60)31-67-23-22-65-19-18-63-16-17-64-20-21-66-24-25-68-46-13-11-38(28-53-46)37-10-12-40-41-29-52-15-14-42(41)56-43(40)26-37/h6-15,26,28-29,32-33,39,44,48,56,59H,16-25,27,30-31H2,1-5H3,(H,55,61)(H,57,60)/t33-,39?,44-,48?/m0/s1. The zero-order valence-electron chi connectivity index (χ0n) is 39.9. The van der Waals surface area contributed by atoms with E-state index in [-0.39, 0.29) is 44.7 Å². The molecular weight excluding hydrogens is 903 g/mol. The second-order valence-electron chi connectivity index (χ2n) is 17.9. The fraction of sp³-hybridized carbons (Fsp3) is 0.451. The maximum atomic E-state index is 14.0. The number of rotatable bonds is 25. The van der Waals surface area contributed by atoms with Crippen LogP contribution in [-0.4, -0.2) is 145 Å². The number of likely N-dealkylation sites (tertiary alicyclic amines) is 1. The molecule has 18 heteroatoms. The average Bonchev–Trinajstić information content (AvgIpc) is 4.07. The Morgan fingerprint density at radius 2 is 1.43 bits per heavy atom.